The first-order chi connectivity index (χ1) is 17.1. The average molecular weight is 492 g/mol. The Labute approximate surface area is 209 Å². The largest absolute Gasteiger partial charge is 0.469 e. The van der Waals surface area contributed by atoms with Crippen LogP contribution in [0.1, 0.15) is 31.7 Å². The zero-order chi connectivity index (χ0) is 26.1. The number of hydrogen-bond donors (Lipinski definition) is 0. The predicted octanol–water partition coefficient (Wildman–Crippen LogP) is 2.45. The molecule has 188 valence electrons. The van der Waals surface area contributed by atoms with E-state index in [-0.39, 0.29) is 29.6 Å². The van der Waals surface area contributed by atoms with Crippen LogP contribution in [0.5, 0.6) is 0 Å². The van der Waals surface area contributed by atoms with Gasteiger partial charge in [-0.2, -0.15) is 0 Å². The minimum Gasteiger partial charge on any atom is -0.469 e. The third-order valence-electron chi connectivity index (χ3n) is 8.63. The molecule has 36 heavy (non-hydrogen) atoms. The number of imide groups is 1. The Balaban J connectivity index is 1.84. The van der Waals surface area contributed by atoms with Gasteiger partial charge >= 0.3 is 11.9 Å². The molecule has 8 nitrogen and oxygen atoms in total. The number of nitrogens with zero attached hydrogens (tertiary/aromatic N) is 1. The molecule has 1 aromatic rings. The van der Waals surface area contributed by atoms with Gasteiger partial charge in [0.1, 0.15) is 0 Å². The summed E-state index contributed by atoms with van der Waals surface area (Å²) < 4.78 is 10.1. The molecule has 0 radical (unpaired) electrons. The number of ketones is 1. The van der Waals surface area contributed by atoms with E-state index < -0.39 is 52.9 Å². The molecule has 1 heterocycles. The van der Waals surface area contributed by atoms with E-state index in [2.05, 4.69) is 0 Å². The second kappa shape index (κ2) is 8.25. The van der Waals surface area contributed by atoms with E-state index in [0.29, 0.717) is 11.1 Å². The quantitative estimate of drug-likeness (QED) is 0.472. The molecule has 0 unspecified atom stereocenters. The van der Waals surface area contributed by atoms with Crippen LogP contribution < -0.4 is 0 Å². The van der Waals surface area contributed by atoms with E-state index in [1.165, 1.54) is 21.3 Å². The summed E-state index contributed by atoms with van der Waals surface area (Å²) in [4.78, 5) is 68.3. The molecule has 1 fully saturated rings. The Morgan fingerprint density at radius 2 is 1.61 bits per heavy atom. The highest BCUT2D eigenvalue weighted by molar-refractivity contribution is 6.11. The SMILES string of the molecule is COC(=O)C1=C[C@@H](C(=O)OC)[C@@H]2C3=C(C(=O)C2(C)C)[C@H](c2ccccc2)[C@@H]2C(=O)N(C)C(=O)[C@@H]2[C@@H]3C1. The minimum atomic E-state index is -1.02. The fraction of sp³-hybridized carbons (Fsp3) is 0.464. The number of rotatable bonds is 3. The van der Waals surface area contributed by atoms with Crippen LogP contribution >= 0.6 is 0 Å². The molecule has 0 aromatic heterocycles. The Hall–Kier alpha value is -3.55. The minimum absolute atomic E-state index is 0.0917. The van der Waals surface area contributed by atoms with Crippen LogP contribution in [0.2, 0.25) is 0 Å². The number of amides is 2. The molecule has 6 atom stereocenters. The number of ether oxygens (including phenoxy) is 2. The van der Waals surface area contributed by atoms with Gasteiger partial charge in [0.15, 0.2) is 5.78 Å². The Bertz CT molecular complexity index is 1260. The zero-order valence-corrected chi connectivity index (χ0v) is 20.9. The monoisotopic (exact) mass is 491 g/mol. The molecule has 1 aliphatic heterocycles. The molecular weight excluding hydrogens is 462 g/mol. The van der Waals surface area contributed by atoms with Crippen molar-refractivity contribution in [3.8, 4) is 0 Å². The maximum absolute atomic E-state index is 14.2. The first-order valence-electron chi connectivity index (χ1n) is 12.1. The van der Waals surface area contributed by atoms with E-state index in [1.54, 1.807) is 19.9 Å². The predicted molar refractivity (Wildman–Crippen MR) is 127 cm³/mol. The number of likely N-dealkylation sites (tertiary alicyclic amines) is 1. The van der Waals surface area contributed by atoms with E-state index >= 15 is 0 Å². The summed E-state index contributed by atoms with van der Waals surface area (Å²) in [6.07, 6.45) is 1.64. The number of benzene rings is 1. The van der Waals surface area contributed by atoms with E-state index in [9.17, 15) is 24.0 Å². The zero-order valence-electron chi connectivity index (χ0n) is 20.9. The van der Waals surface area contributed by atoms with Crippen molar-refractivity contribution in [2.75, 3.05) is 21.3 Å². The molecule has 2 amide bonds. The number of carbonyl (C=O) groups excluding carboxylic acids is 5. The van der Waals surface area contributed by atoms with Crippen molar-refractivity contribution in [3.63, 3.8) is 0 Å². The van der Waals surface area contributed by atoms with Crippen molar-refractivity contribution in [1.82, 2.24) is 4.90 Å². The molecule has 3 aliphatic carbocycles. The van der Waals surface area contributed by atoms with Gasteiger partial charge in [-0.15, -0.1) is 0 Å². The van der Waals surface area contributed by atoms with Gasteiger partial charge in [0.25, 0.3) is 0 Å². The summed E-state index contributed by atoms with van der Waals surface area (Å²) in [5.41, 5.74) is 1.19. The Morgan fingerprint density at radius 3 is 2.22 bits per heavy atom. The summed E-state index contributed by atoms with van der Waals surface area (Å²) in [5, 5.41) is 0. The van der Waals surface area contributed by atoms with Gasteiger partial charge in [0.05, 0.1) is 32.0 Å². The van der Waals surface area contributed by atoms with Gasteiger partial charge in [-0.05, 0) is 17.9 Å². The molecule has 0 N–H and O–H groups in total. The summed E-state index contributed by atoms with van der Waals surface area (Å²) >= 11 is 0. The summed E-state index contributed by atoms with van der Waals surface area (Å²) in [7, 11) is 3.99. The van der Waals surface area contributed by atoms with Gasteiger partial charge in [0.2, 0.25) is 11.8 Å². The third kappa shape index (κ3) is 3.09. The van der Waals surface area contributed by atoms with Gasteiger partial charge in [0, 0.05) is 35.4 Å². The number of carbonyl (C=O) groups is 5. The lowest BCUT2D eigenvalue weighted by Gasteiger charge is -2.39. The smallest absolute Gasteiger partial charge is 0.333 e. The molecule has 4 aliphatic rings. The fourth-order valence-electron chi connectivity index (χ4n) is 7.09. The Kier molecular flexibility index (Phi) is 5.54. The summed E-state index contributed by atoms with van der Waals surface area (Å²) in [6.45, 7) is 3.58. The van der Waals surface area contributed by atoms with Crippen molar-refractivity contribution in [2.24, 2.45) is 35.0 Å². The molecular formula is C28H29NO7. The van der Waals surface area contributed by atoms with Gasteiger partial charge in [-0.1, -0.05) is 55.8 Å². The maximum atomic E-state index is 14.2. The van der Waals surface area contributed by atoms with E-state index in [1.807, 2.05) is 30.3 Å². The number of hydrogen-bond acceptors (Lipinski definition) is 7. The van der Waals surface area contributed by atoms with Crippen LogP contribution in [0.15, 0.2) is 53.1 Å². The average Bonchev–Trinajstić information content (AvgIpc) is 3.12. The maximum Gasteiger partial charge on any atom is 0.333 e. The highest BCUT2D eigenvalue weighted by Crippen LogP contribution is 2.64. The number of methoxy groups -OCH3 is 2. The second-order valence-electron chi connectivity index (χ2n) is 10.6. The number of esters is 2. The van der Waals surface area contributed by atoms with Gasteiger partial charge < -0.3 is 9.47 Å². The van der Waals surface area contributed by atoms with E-state index in [4.69, 9.17) is 9.47 Å². The van der Waals surface area contributed by atoms with Crippen molar-refractivity contribution >= 4 is 29.5 Å². The molecule has 5 rings (SSSR count). The van der Waals surface area contributed by atoms with Crippen molar-refractivity contribution in [2.45, 2.75) is 26.2 Å². The Morgan fingerprint density at radius 1 is 0.972 bits per heavy atom. The first kappa shape index (κ1) is 24.2. The van der Waals surface area contributed by atoms with Gasteiger partial charge in [-0.25, -0.2) is 4.79 Å². The van der Waals surface area contributed by atoms with Crippen LogP contribution in [0, 0.1) is 35.0 Å². The molecule has 1 aromatic carbocycles. The lowest BCUT2D eigenvalue weighted by Crippen LogP contribution is -2.39. The van der Waals surface area contributed by atoms with Crippen LogP contribution in [-0.2, 0) is 33.4 Å². The third-order valence-corrected chi connectivity index (χ3v) is 8.63. The van der Waals surface area contributed by atoms with E-state index in [0.717, 1.165) is 10.5 Å². The lowest BCUT2D eigenvalue weighted by atomic mass is 9.60. The normalized spacial score (nSPS) is 32.5. The standard InChI is InChI=1S/C28H29NO7/c1-28(2)22-16(27(34)36-5)12-14(26(33)35-4)11-15-18(22)20(23(28)30)17(13-9-7-6-8-10-13)21-19(15)24(31)29(3)25(21)32/h6-10,12,15-17,19,21-22H,11H2,1-5H3/t15-,16-,17+,19-,21+,22-/m1/s1. The highest BCUT2D eigenvalue weighted by Gasteiger charge is 2.66. The van der Waals surface area contributed by atoms with Crippen LogP contribution in [0.25, 0.3) is 0 Å². The van der Waals surface area contributed by atoms with Gasteiger partial charge in [-0.3, -0.25) is 24.1 Å². The number of Topliss-reactive ketones (excluding diaryl/α,β-unsaturated/α-hetero) is 1. The fourth-order valence-corrected chi connectivity index (χ4v) is 7.09. The molecule has 0 spiro atoms. The number of allylic oxidation sites excluding steroid dienone is 2. The highest BCUT2D eigenvalue weighted by atomic mass is 16.5. The summed E-state index contributed by atoms with van der Waals surface area (Å²) in [6, 6.07) is 9.27. The van der Waals surface area contributed by atoms with Crippen LogP contribution in [-0.4, -0.2) is 55.7 Å². The summed E-state index contributed by atoms with van der Waals surface area (Å²) in [5.74, 6) is -6.29. The van der Waals surface area contributed by atoms with Crippen LogP contribution in [0.4, 0.5) is 0 Å². The molecule has 8 heteroatoms. The second-order valence-corrected chi connectivity index (χ2v) is 10.6. The molecule has 0 bridgehead atoms. The van der Waals surface area contributed by atoms with Crippen molar-refractivity contribution in [1.29, 1.82) is 0 Å². The van der Waals surface area contributed by atoms with Crippen molar-refractivity contribution in [3.05, 3.63) is 58.7 Å². The van der Waals surface area contributed by atoms with Crippen molar-refractivity contribution < 1.29 is 33.4 Å². The number of fused-ring (bicyclic) bond motifs is 2. The van der Waals surface area contributed by atoms with Crippen LogP contribution in [0.3, 0.4) is 0 Å². The first-order valence-corrected chi connectivity index (χ1v) is 12.1. The lowest BCUT2D eigenvalue weighted by molar-refractivity contribution is -0.146. The molecule has 0 saturated carbocycles. The topological polar surface area (TPSA) is 107 Å². The molecule has 1 saturated heterocycles.